The van der Waals surface area contributed by atoms with Crippen LogP contribution in [0.3, 0.4) is 0 Å². The fourth-order valence-corrected chi connectivity index (χ4v) is 3.29. The zero-order valence-corrected chi connectivity index (χ0v) is 17.4. The number of halogens is 4. The quantitative estimate of drug-likeness (QED) is 0.327. The Hall–Kier alpha value is -0.800. The molecular weight excluding hydrogens is 506 g/mol. The maximum atomic E-state index is 12.2. The van der Waals surface area contributed by atoms with Crippen LogP contribution in [0.4, 0.5) is 5.69 Å². The molecule has 0 aliphatic heterocycles. The predicted octanol–water partition coefficient (Wildman–Crippen LogP) is 5.39. The van der Waals surface area contributed by atoms with E-state index in [1.54, 1.807) is 25.3 Å². The fourth-order valence-electron chi connectivity index (χ4n) is 1.75. The van der Waals surface area contributed by atoms with E-state index in [4.69, 9.17) is 51.8 Å². The predicted molar refractivity (Wildman–Crippen MR) is 111 cm³/mol. The first-order chi connectivity index (χ1) is 11.3. The second kappa shape index (κ2) is 8.53. The summed E-state index contributed by atoms with van der Waals surface area (Å²) in [6.07, 6.45) is 0. The highest BCUT2D eigenvalue weighted by molar-refractivity contribution is 14.1. The van der Waals surface area contributed by atoms with Crippen LogP contribution in [0.5, 0.6) is 5.75 Å². The highest BCUT2D eigenvalue weighted by Crippen LogP contribution is 2.32. The van der Waals surface area contributed by atoms with Crippen molar-refractivity contribution >= 4 is 86.3 Å². The molecule has 2 rings (SSSR count). The summed E-state index contributed by atoms with van der Waals surface area (Å²) in [4.78, 5) is 12.2. The Labute approximate surface area is 172 Å². The molecule has 0 spiro atoms. The van der Waals surface area contributed by atoms with Crippen LogP contribution in [0.1, 0.15) is 10.4 Å². The molecular formula is C15H10Cl3IN2O2S. The van der Waals surface area contributed by atoms with E-state index in [0.29, 0.717) is 32.1 Å². The molecule has 9 heteroatoms. The number of amides is 1. The largest absolute Gasteiger partial charge is 0.496 e. The van der Waals surface area contributed by atoms with Crippen LogP contribution in [-0.4, -0.2) is 18.1 Å². The number of hydrogen-bond acceptors (Lipinski definition) is 3. The van der Waals surface area contributed by atoms with E-state index >= 15 is 0 Å². The Morgan fingerprint density at radius 1 is 1.12 bits per heavy atom. The summed E-state index contributed by atoms with van der Waals surface area (Å²) in [5, 5.41) is 6.46. The molecule has 24 heavy (non-hydrogen) atoms. The van der Waals surface area contributed by atoms with Crippen molar-refractivity contribution in [3.63, 3.8) is 0 Å². The third kappa shape index (κ3) is 4.86. The monoisotopic (exact) mass is 514 g/mol. The van der Waals surface area contributed by atoms with E-state index in [1.807, 2.05) is 0 Å². The zero-order valence-electron chi connectivity index (χ0n) is 12.1. The fraction of sp³-hybridized carbons (Fsp3) is 0.0667. The number of hydrogen-bond donors (Lipinski definition) is 2. The maximum Gasteiger partial charge on any atom is 0.257 e. The van der Waals surface area contributed by atoms with Crippen molar-refractivity contribution in [2.75, 3.05) is 12.4 Å². The Kier molecular flexibility index (Phi) is 6.94. The summed E-state index contributed by atoms with van der Waals surface area (Å²) in [6.45, 7) is 0. The number of thiocarbonyl (C=S) groups is 1. The van der Waals surface area contributed by atoms with Gasteiger partial charge in [0.25, 0.3) is 5.91 Å². The van der Waals surface area contributed by atoms with Crippen molar-refractivity contribution in [2.24, 2.45) is 0 Å². The molecule has 1 amide bonds. The molecule has 126 valence electrons. The van der Waals surface area contributed by atoms with Crippen molar-refractivity contribution in [1.82, 2.24) is 5.32 Å². The molecule has 4 nitrogen and oxygen atoms in total. The lowest BCUT2D eigenvalue weighted by Crippen LogP contribution is -2.34. The molecule has 0 heterocycles. The van der Waals surface area contributed by atoms with Gasteiger partial charge in [-0.05, 0) is 65.1 Å². The molecule has 0 radical (unpaired) electrons. The van der Waals surface area contributed by atoms with E-state index in [0.717, 1.165) is 3.57 Å². The average molecular weight is 516 g/mol. The van der Waals surface area contributed by atoms with Gasteiger partial charge in [-0.2, -0.15) is 0 Å². The molecule has 2 N–H and O–H groups in total. The highest BCUT2D eigenvalue weighted by Gasteiger charge is 2.12. The van der Waals surface area contributed by atoms with E-state index in [9.17, 15) is 4.79 Å². The second-order valence-electron chi connectivity index (χ2n) is 4.50. The SMILES string of the molecule is COc1ccc(C(=O)NC(=S)Nc2cc(Cl)c(Cl)cc2Cl)cc1I. The van der Waals surface area contributed by atoms with Gasteiger partial charge in [-0.1, -0.05) is 34.8 Å². The number of rotatable bonds is 3. The number of carbonyl (C=O) groups excluding carboxylic acids is 1. The van der Waals surface area contributed by atoms with Crippen molar-refractivity contribution in [1.29, 1.82) is 0 Å². The Bertz CT molecular complexity index is 818. The molecule has 0 aliphatic carbocycles. The number of nitrogens with one attached hydrogen (secondary N) is 2. The van der Waals surface area contributed by atoms with Gasteiger partial charge in [0, 0.05) is 5.56 Å². The van der Waals surface area contributed by atoms with Crippen LogP contribution in [0, 0.1) is 3.57 Å². The van der Waals surface area contributed by atoms with Crippen molar-refractivity contribution in [3.8, 4) is 5.75 Å². The van der Waals surface area contributed by atoms with Crippen LogP contribution in [0.25, 0.3) is 0 Å². The first-order valence-corrected chi connectivity index (χ1v) is 9.04. The molecule has 2 aromatic rings. The Morgan fingerprint density at radius 2 is 1.79 bits per heavy atom. The number of benzene rings is 2. The third-order valence-electron chi connectivity index (χ3n) is 2.90. The van der Waals surface area contributed by atoms with Crippen LogP contribution in [0.2, 0.25) is 15.1 Å². The summed E-state index contributed by atoms with van der Waals surface area (Å²) in [7, 11) is 1.57. The van der Waals surface area contributed by atoms with Crippen molar-refractivity contribution in [3.05, 3.63) is 54.5 Å². The molecule has 0 bridgehead atoms. The standard InChI is InChI=1S/C15H10Cl3IN2O2S/c1-23-13-3-2-7(4-11(13)19)14(22)21-15(24)20-12-6-9(17)8(16)5-10(12)18/h2-6H,1H3,(H2,20,21,22,24). The number of carbonyl (C=O) groups is 1. The van der Waals surface area contributed by atoms with Crippen LogP contribution < -0.4 is 15.4 Å². The first-order valence-electron chi connectivity index (χ1n) is 6.42. The molecule has 0 aromatic heterocycles. The normalized spacial score (nSPS) is 10.2. The Morgan fingerprint density at radius 3 is 2.42 bits per heavy atom. The number of anilines is 1. The molecule has 0 saturated heterocycles. The summed E-state index contributed by atoms with van der Waals surface area (Å²) >= 11 is 25.1. The second-order valence-corrected chi connectivity index (χ2v) is 7.30. The van der Waals surface area contributed by atoms with E-state index in [1.165, 1.54) is 12.1 Å². The minimum absolute atomic E-state index is 0.0890. The summed E-state index contributed by atoms with van der Waals surface area (Å²) in [5.74, 6) is 0.333. The first kappa shape index (κ1) is 19.5. The van der Waals surface area contributed by atoms with Gasteiger partial charge < -0.3 is 10.1 Å². The van der Waals surface area contributed by atoms with Crippen molar-refractivity contribution in [2.45, 2.75) is 0 Å². The minimum Gasteiger partial charge on any atom is -0.496 e. The zero-order chi connectivity index (χ0) is 17.9. The summed E-state index contributed by atoms with van der Waals surface area (Å²) in [5.41, 5.74) is 0.894. The van der Waals surface area contributed by atoms with Gasteiger partial charge >= 0.3 is 0 Å². The molecule has 0 aliphatic rings. The van der Waals surface area contributed by atoms with Gasteiger partial charge in [0.2, 0.25) is 0 Å². The van der Waals surface area contributed by atoms with E-state index < -0.39 is 0 Å². The van der Waals surface area contributed by atoms with Gasteiger partial charge in [-0.3, -0.25) is 10.1 Å². The van der Waals surface area contributed by atoms with E-state index in [2.05, 4.69) is 33.2 Å². The third-order valence-corrected chi connectivity index (χ3v) is 4.98. The van der Waals surface area contributed by atoms with E-state index in [-0.39, 0.29) is 11.0 Å². The summed E-state index contributed by atoms with van der Waals surface area (Å²) < 4.78 is 5.97. The lowest BCUT2D eigenvalue weighted by Gasteiger charge is -2.12. The maximum absolute atomic E-state index is 12.2. The Balaban J connectivity index is 2.08. The lowest BCUT2D eigenvalue weighted by atomic mass is 10.2. The lowest BCUT2D eigenvalue weighted by molar-refractivity contribution is 0.0977. The minimum atomic E-state index is -0.357. The average Bonchev–Trinajstić information content (AvgIpc) is 2.52. The van der Waals surface area contributed by atoms with Gasteiger partial charge in [0.15, 0.2) is 5.11 Å². The highest BCUT2D eigenvalue weighted by atomic mass is 127. The van der Waals surface area contributed by atoms with Crippen LogP contribution >= 0.6 is 69.6 Å². The molecule has 2 aromatic carbocycles. The van der Waals surface area contributed by atoms with Gasteiger partial charge in [0.05, 0.1) is 31.4 Å². The van der Waals surface area contributed by atoms with Crippen LogP contribution in [0.15, 0.2) is 30.3 Å². The van der Waals surface area contributed by atoms with Crippen LogP contribution in [-0.2, 0) is 0 Å². The smallest absolute Gasteiger partial charge is 0.257 e. The molecule has 0 saturated carbocycles. The topological polar surface area (TPSA) is 50.4 Å². The number of methoxy groups -OCH3 is 1. The number of ether oxygens (including phenoxy) is 1. The van der Waals surface area contributed by atoms with Gasteiger partial charge in [0.1, 0.15) is 5.75 Å². The van der Waals surface area contributed by atoms with Gasteiger partial charge in [-0.25, -0.2) is 0 Å². The molecule has 0 atom stereocenters. The molecule has 0 fully saturated rings. The van der Waals surface area contributed by atoms with Gasteiger partial charge in [-0.15, -0.1) is 0 Å². The molecule has 0 unspecified atom stereocenters. The summed E-state index contributed by atoms with van der Waals surface area (Å²) in [6, 6.07) is 8.07. The van der Waals surface area contributed by atoms with Crippen molar-refractivity contribution < 1.29 is 9.53 Å².